The van der Waals surface area contributed by atoms with E-state index in [9.17, 15) is 13.2 Å². The highest BCUT2D eigenvalue weighted by atomic mass is 32.2. The van der Waals surface area contributed by atoms with Crippen LogP contribution in [-0.4, -0.2) is 46.8 Å². The van der Waals surface area contributed by atoms with Gasteiger partial charge in [-0.2, -0.15) is 9.40 Å². The second-order valence-corrected chi connectivity index (χ2v) is 8.86. The van der Waals surface area contributed by atoms with E-state index in [1.54, 1.807) is 25.5 Å². The lowest BCUT2D eigenvalue weighted by Crippen LogP contribution is -2.37. The summed E-state index contributed by atoms with van der Waals surface area (Å²) in [6.45, 7) is 5.35. The molecule has 1 aromatic carbocycles. The van der Waals surface area contributed by atoms with Crippen molar-refractivity contribution >= 4 is 16.0 Å². The highest BCUT2D eigenvalue weighted by Gasteiger charge is 2.37. The van der Waals surface area contributed by atoms with Crippen molar-refractivity contribution in [2.45, 2.75) is 38.6 Å². The fraction of sp³-hybridized carbons (Fsp3) is 0.350. The van der Waals surface area contributed by atoms with Crippen LogP contribution in [0.2, 0.25) is 0 Å². The van der Waals surface area contributed by atoms with Crippen molar-refractivity contribution in [1.82, 2.24) is 19.2 Å². The maximum absolute atomic E-state index is 13.3. The van der Waals surface area contributed by atoms with E-state index in [1.165, 1.54) is 4.31 Å². The van der Waals surface area contributed by atoms with Gasteiger partial charge in [0.2, 0.25) is 10.0 Å². The van der Waals surface area contributed by atoms with Gasteiger partial charge in [-0.1, -0.05) is 23.4 Å². The minimum absolute atomic E-state index is 0.0166. The first kappa shape index (κ1) is 20.3. The highest BCUT2D eigenvalue weighted by Crippen LogP contribution is 2.31. The second kappa shape index (κ2) is 7.69. The molecule has 10 heteroatoms. The number of fused-ring (bicyclic) bond motifs is 1. The summed E-state index contributed by atoms with van der Waals surface area (Å²) < 4.78 is 39.8. The summed E-state index contributed by atoms with van der Waals surface area (Å²) in [6, 6.07) is 9.42. The number of para-hydroxylation sites is 1. The Morgan fingerprint density at radius 3 is 2.60 bits per heavy atom. The molecule has 0 aliphatic carbocycles. The monoisotopic (exact) mass is 430 g/mol. The Bertz CT molecular complexity index is 1180. The molecule has 0 saturated heterocycles. The lowest BCUT2D eigenvalue weighted by atomic mass is 10.1. The van der Waals surface area contributed by atoms with Gasteiger partial charge < -0.3 is 9.26 Å². The van der Waals surface area contributed by atoms with E-state index in [2.05, 4.69) is 10.3 Å². The third-order valence-corrected chi connectivity index (χ3v) is 7.15. The summed E-state index contributed by atoms with van der Waals surface area (Å²) in [4.78, 5) is 12.6. The Labute approximate surface area is 174 Å². The number of sulfonamides is 1. The molecular weight excluding hydrogens is 408 g/mol. The molecule has 0 spiro atoms. The van der Waals surface area contributed by atoms with Crippen LogP contribution in [0.5, 0.6) is 0 Å². The van der Waals surface area contributed by atoms with Gasteiger partial charge in [0.25, 0.3) is 0 Å². The summed E-state index contributed by atoms with van der Waals surface area (Å²) in [7, 11) is -3.84. The molecule has 0 amide bonds. The molecule has 0 atom stereocenters. The smallest absolute Gasteiger partial charge is 0.359 e. The molecule has 1 aliphatic rings. The Morgan fingerprint density at radius 1 is 1.23 bits per heavy atom. The normalized spacial score (nSPS) is 14.5. The molecule has 2 aromatic heterocycles. The number of carbonyl (C=O) groups excluding carboxylic acids is 1. The molecule has 0 unspecified atom stereocenters. The van der Waals surface area contributed by atoms with Gasteiger partial charge in [-0.3, -0.25) is 0 Å². The molecule has 4 rings (SSSR count). The topological polar surface area (TPSA) is 108 Å². The Hall–Kier alpha value is -2.98. The summed E-state index contributed by atoms with van der Waals surface area (Å²) in [5, 5.41) is 8.25. The first-order chi connectivity index (χ1) is 14.3. The highest BCUT2D eigenvalue weighted by molar-refractivity contribution is 7.89. The van der Waals surface area contributed by atoms with Crippen molar-refractivity contribution in [3.05, 3.63) is 58.7 Å². The summed E-state index contributed by atoms with van der Waals surface area (Å²) >= 11 is 0. The molecule has 0 N–H and O–H groups in total. The lowest BCUT2D eigenvalue weighted by molar-refractivity contribution is 0.0517. The van der Waals surface area contributed by atoms with Crippen LogP contribution in [0.1, 0.15) is 40.1 Å². The number of esters is 1. The quantitative estimate of drug-likeness (QED) is 0.572. The SMILES string of the molecule is CCOC(=O)c1nn(-c2ccccc2)c2c1CN(S(=O)(=O)c1c(C)noc1C)CC2. The molecule has 0 saturated carbocycles. The van der Waals surface area contributed by atoms with Crippen molar-refractivity contribution in [3.63, 3.8) is 0 Å². The van der Waals surface area contributed by atoms with Crippen LogP contribution in [0.25, 0.3) is 5.69 Å². The van der Waals surface area contributed by atoms with Gasteiger partial charge in [0.1, 0.15) is 10.6 Å². The zero-order valence-corrected chi connectivity index (χ0v) is 17.8. The van der Waals surface area contributed by atoms with Crippen LogP contribution in [-0.2, 0) is 27.7 Å². The van der Waals surface area contributed by atoms with Crippen LogP contribution in [0.3, 0.4) is 0 Å². The fourth-order valence-electron chi connectivity index (χ4n) is 3.72. The Kier molecular flexibility index (Phi) is 5.20. The summed E-state index contributed by atoms with van der Waals surface area (Å²) in [5.74, 6) is -0.330. The number of aromatic nitrogens is 3. The number of nitrogens with zero attached hydrogens (tertiary/aromatic N) is 4. The van der Waals surface area contributed by atoms with Gasteiger partial charge in [-0.25, -0.2) is 17.9 Å². The third kappa shape index (κ3) is 3.31. The predicted octanol–water partition coefficient (Wildman–Crippen LogP) is 2.40. The van der Waals surface area contributed by atoms with Crippen LogP contribution in [0.4, 0.5) is 0 Å². The van der Waals surface area contributed by atoms with Gasteiger partial charge in [0.05, 0.1) is 18.0 Å². The van der Waals surface area contributed by atoms with E-state index in [0.29, 0.717) is 17.7 Å². The number of carbonyl (C=O) groups is 1. The maximum atomic E-state index is 13.3. The van der Waals surface area contributed by atoms with Crippen LogP contribution in [0, 0.1) is 13.8 Å². The second-order valence-electron chi connectivity index (χ2n) is 6.98. The number of hydrogen-bond acceptors (Lipinski definition) is 7. The van der Waals surface area contributed by atoms with Crippen LogP contribution < -0.4 is 0 Å². The third-order valence-electron chi connectivity index (χ3n) is 5.06. The van der Waals surface area contributed by atoms with Crippen LogP contribution in [0.15, 0.2) is 39.8 Å². The fourth-order valence-corrected chi connectivity index (χ4v) is 5.42. The van der Waals surface area contributed by atoms with E-state index < -0.39 is 16.0 Å². The number of hydrogen-bond donors (Lipinski definition) is 0. The number of ether oxygens (including phenoxy) is 1. The first-order valence-electron chi connectivity index (χ1n) is 9.61. The minimum Gasteiger partial charge on any atom is -0.461 e. The van der Waals surface area contributed by atoms with Crippen molar-refractivity contribution < 1.29 is 22.5 Å². The minimum atomic E-state index is -3.84. The molecule has 1 aliphatic heterocycles. The number of benzene rings is 1. The molecule has 0 bridgehead atoms. The molecule has 3 aromatic rings. The molecular formula is C20H22N4O5S. The van der Waals surface area contributed by atoms with Gasteiger partial charge in [0.15, 0.2) is 11.5 Å². The molecule has 0 radical (unpaired) electrons. The zero-order valence-electron chi connectivity index (χ0n) is 17.0. The van der Waals surface area contributed by atoms with Crippen molar-refractivity contribution in [1.29, 1.82) is 0 Å². The standard InChI is InChI=1S/C20H22N4O5S/c1-4-28-20(25)18-16-12-23(30(26,27)19-13(2)22-29-14(19)3)11-10-17(16)24(21-18)15-8-6-5-7-9-15/h5-9H,4,10-12H2,1-3H3. The average Bonchev–Trinajstić information content (AvgIpc) is 3.28. The summed E-state index contributed by atoms with van der Waals surface area (Å²) in [5.41, 5.74) is 2.60. The molecule has 0 fully saturated rings. The van der Waals surface area contributed by atoms with Gasteiger partial charge >= 0.3 is 5.97 Å². The molecule has 3 heterocycles. The number of aryl methyl sites for hydroxylation is 2. The molecule has 158 valence electrons. The van der Waals surface area contributed by atoms with E-state index in [0.717, 1.165) is 11.4 Å². The van der Waals surface area contributed by atoms with Gasteiger partial charge in [-0.15, -0.1) is 0 Å². The van der Waals surface area contributed by atoms with E-state index >= 15 is 0 Å². The van der Waals surface area contributed by atoms with Crippen molar-refractivity contribution in [3.8, 4) is 5.69 Å². The maximum Gasteiger partial charge on any atom is 0.359 e. The lowest BCUT2D eigenvalue weighted by Gasteiger charge is -2.27. The molecule has 30 heavy (non-hydrogen) atoms. The first-order valence-corrected chi connectivity index (χ1v) is 11.0. The molecule has 9 nitrogen and oxygen atoms in total. The van der Waals surface area contributed by atoms with Gasteiger partial charge in [-0.05, 0) is 32.9 Å². The summed E-state index contributed by atoms with van der Waals surface area (Å²) in [6.07, 6.45) is 0.402. The van der Waals surface area contributed by atoms with E-state index in [4.69, 9.17) is 9.26 Å². The van der Waals surface area contributed by atoms with Crippen molar-refractivity contribution in [2.24, 2.45) is 0 Å². The average molecular weight is 430 g/mol. The predicted molar refractivity (Wildman–Crippen MR) is 107 cm³/mol. The van der Waals surface area contributed by atoms with Gasteiger partial charge in [0, 0.05) is 25.1 Å². The Morgan fingerprint density at radius 2 is 1.97 bits per heavy atom. The van der Waals surface area contributed by atoms with E-state index in [-0.39, 0.29) is 36.0 Å². The largest absolute Gasteiger partial charge is 0.461 e. The van der Waals surface area contributed by atoms with E-state index in [1.807, 2.05) is 30.3 Å². The zero-order chi connectivity index (χ0) is 21.5. The van der Waals surface area contributed by atoms with Crippen LogP contribution >= 0.6 is 0 Å². The van der Waals surface area contributed by atoms with Crippen molar-refractivity contribution in [2.75, 3.05) is 13.2 Å². The number of rotatable bonds is 5. The Balaban J connectivity index is 1.79.